The van der Waals surface area contributed by atoms with Crippen LogP contribution >= 0.6 is 0 Å². The molecule has 1 aromatic heterocycles. The van der Waals surface area contributed by atoms with Gasteiger partial charge < -0.3 is 19.0 Å². The van der Waals surface area contributed by atoms with Crippen molar-refractivity contribution >= 4 is 0 Å². The fourth-order valence-electron chi connectivity index (χ4n) is 5.94. The van der Waals surface area contributed by atoms with Crippen LogP contribution in [0, 0.1) is 16.7 Å². The van der Waals surface area contributed by atoms with Gasteiger partial charge in [-0.05, 0) is 49.5 Å². The zero-order valence-electron chi connectivity index (χ0n) is 15.4. The molecule has 3 fully saturated rings. The van der Waals surface area contributed by atoms with Crippen LogP contribution in [-0.4, -0.2) is 24.1 Å². The van der Waals surface area contributed by atoms with E-state index in [-0.39, 0.29) is 10.8 Å². The molecule has 3 aliphatic rings. The number of aliphatic hydroxyl groups is 1. The van der Waals surface area contributed by atoms with Gasteiger partial charge in [-0.3, -0.25) is 0 Å². The number of hydrogen-bond acceptors (Lipinski definition) is 4. The van der Waals surface area contributed by atoms with Crippen LogP contribution in [-0.2, 0) is 9.47 Å². The lowest BCUT2D eigenvalue weighted by Gasteiger charge is -2.61. The Bertz CT molecular complexity index is 630. The maximum absolute atomic E-state index is 10.8. The summed E-state index contributed by atoms with van der Waals surface area (Å²) >= 11 is 0. The summed E-state index contributed by atoms with van der Waals surface area (Å²) in [7, 11) is 0. The van der Waals surface area contributed by atoms with Crippen molar-refractivity contribution in [2.24, 2.45) is 16.7 Å². The van der Waals surface area contributed by atoms with Crippen LogP contribution < -0.4 is 0 Å². The molecule has 0 amide bonds. The highest BCUT2D eigenvalue weighted by Gasteiger charge is 2.64. The number of allylic oxidation sites excluding steroid dienone is 1. The number of ether oxygens (including phenoxy) is 2. The molecule has 2 saturated carbocycles. The first-order chi connectivity index (χ1) is 11.9. The van der Waals surface area contributed by atoms with Gasteiger partial charge >= 0.3 is 0 Å². The van der Waals surface area contributed by atoms with Gasteiger partial charge in [-0.25, -0.2) is 0 Å². The minimum absolute atomic E-state index is 0.0339. The Morgan fingerprint density at radius 3 is 2.72 bits per heavy atom. The molecule has 4 nitrogen and oxygen atoms in total. The van der Waals surface area contributed by atoms with Crippen LogP contribution in [0.15, 0.2) is 35.2 Å². The smallest absolute Gasteiger partial charge is 0.174 e. The summed E-state index contributed by atoms with van der Waals surface area (Å²) in [5, 5.41) is 10.8. The predicted molar refractivity (Wildman–Crippen MR) is 94.8 cm³/mol. The second-order valence-electron chi connectivity index (χ2n) is 8.61. The molecule has 1 aliphatic heterocycles. The van der Waals surface area contributed by atoms with E-state index in [1.807, 2.05) is 6.07 Å². The molecule has 2 aliphatic carbocycles. The number of furan rings is 1. The third kappa shape index (κ3) is 2.45. The van der Waals surface area contributed by atoms with Crippen molar-refractivity contribution in [2.45, 2.75) is 64.3 Å². The Hall–Kier alpha value is -1.10. The highest BCUT2D eigenvalue weighted by molar-refractivity contribution is 5.23. The Balaban J connectivity index is 1.67. The van der Waals surface area contributed by atoms with Crippen molar-refractivity contribution in [1.29, 1.82) is 0 Å². The lowest BCUT2D eigenvalue weighted by molar-refractivity contribution is -0.287. The molecule has 4 rings (SSSR count). The third-order valence-electron chi connectivity index (χ3n) is 7.46. The van der Waals surface area contributed by atoms with Crippen LogP contribution in [0.5, 0.6) is 0 Å². The van der Waals surface area contributed by atoms with Crippen molar-refractivity contribution in [3.8, 4) is 0 Å². The van der Waals surface area contributed by atoms with Gasteiger partial charge in [0.15, 0.2) is 5.79 Å². The average molecular weight is 346 g/mol. The lowest BCUT2D eigenvalue weighted by atomic mass is 9.46. The van der Waals surface area contributed by atoms with E-state index in [1.54, 1.807) is 12.5 Å². The monoisotopic (exact) mass is 346 g/mol. The molecule has 0 aromatic carbocycles. The van der Waals surface area contributed by atoms with Gasteiger partial charge in [-0.15, -0.1) is 0 Å². The van der Waals surface area contributed by atoms with Crippen LogP contribution in [0.25, 0.3) is 0 Å². The van der Waals surface area contributed by atoms with Crippen LogP contribution in [0.1, 0.15) is 64.0 Å². The summed E-state index contributed by atoms with van der Waals surface area (Å²) < 4.78 is 17.6. The van der Waals surface area contributed by atoms with E-state index in [0.29, 0.717) is 25.6 Å². The minimum atomic E-state index is -0.536. The second kappa shape index (κ2) is 5.97. The molecule has 0 bridgehead atoms. The molecule has 1 N–H and O–H groups in total. The van der Waals surface area contributed by atoms with E-state index >= 15 is 0 Å². The molecule has 1 aromatic rings. The van der Waals surface area contributed by atoms with Crippen molar-refractivity contribution in [3.05, 3.63) is 36.3 Å². The number of rotatable bonds is 3. The molecular formula is C21H30O4. The Kier molecular flexibility index (Phi) is 4.13. The van der Waals surface area contributed by atoms with Crippen LogP contribution in [0.3, 0.4) is 0 Å². The second-order valence-corrected chi connectivity index (χ2v) is 8.61. The largest absolute Gasteiger partial charge is 0.472 e. The van der Waals surface area contributed by atoms with Crippen LogP contribution in [0.2, 0.25) is 0 Å². The number of hydrogen-bond donors (Lipinski definition) is 1. The van der Waals surface area contributed by atoms with E-state index in [0.717, 1.165) is 37.7 Å². The number of aliphatic hydroxyl groups excluding tert-OH is 1. The van der Waals surface area contributed by atoms with Crippen molar-refractivity contribution in [1.82, 2.24) is 0 Å². The summed E-state index contributed by atoms with van der Waals surface area (Å²) in [6, 6.07) is 1.85. The quantitative estimate of drug-likeness (QED) is 0.812. The topological polar surface area (TPSA) is 51.8 Å². The molecule has 1 spiro atoms. The SMILES string of the molecule is C=C1CC[C@]2(C)[C@H](CCCC23OCCO3)[C@@]1(C)C[C@@H](O)c1ccoc1. The molecule has 4 heteroatoms. The first kappa shape index (κ1) is 17.3. The third-order valence-corrected chi connectivity index (χ3v) is 7.46. The Morgan fingerprint density at radius 1 is 1.28 bits per heavy atom. The van der Waals surface area contributed by atoms with Gasteiger partial charge in [0.05, 0.1) is 31.8 Å². The van der Waals surface area contributed by atoms with E-state index in [9.17, 15) is 5.11 Å². The van der Waals surface area contributed by atoms with Gasteiger partial charge in [0.1, 0.15) is 0 Å². The van der Waals surface area contributed by atoms with Crippen molar-refractivity contribution in [3.63, 3.8) is 0 Å². The van der Waals surface area contributed by atoms with Crippen molar-refractivity contribution < 1.29 is 19.0 Å². The van der Waals surface area contributed by atoms with Crippen molar-refractivity contribution in [2.75, 3.05) is 13.2 Å². The standard InChI is InChI=1S/C21H30O4/c1-15-6-9-20(3)18(5-4-8-21(20)24-11-12-25-21)19(15,2)13-17(22)16-7-10-23-14-16/h7,10,14,17-18,22H,1,4-6,8-9,11-13H2,2-3H3/t17-,18-,19+,20-/m1/s1. The molecule has 4 atom stereocenters. The van der Waals surface area contributed by atoms with Gasteiger partial charge in [0.2, 0.25) is 0 Å². The normalized spacial score (nSPS) is 38.7. The summed E-state index contributed by atoms with van der Waals surface area (Å²) in [6.07, 6.45) is 8.63. The van der Waals surface area contributed by atoms with E-state index in [1.165, 1.54) is 5.57 Å². The number of fused-ring (bicyclic) bond motifs is 2. The van der Waals surface area contributed by atoms with E-state index in [2.05, 4.69) is 20.4 Å². The fraction of sp³-hybridized carbons (Fsp3) is 0.714. The molecular weight excluding hydrogens is 316 g/mol. The Labute approximate surface area is 150 Å². The highest BCUT2D eigenvalue weighted by Crippen LogP contribution is 2.66. The Morgan fingerprint density at radius 2 is 2.04 bits per heavy atom. The predicted octanol–water partition coefficient (Wildman–Crippen LogP) is 4.61. The zero-order chi connectivity index (χ0) is 17.7. The molecule has 0 radical (unpaired) electrons. The highest BCUT2D eigenvalue weighted by atomic mass is 16.7. The van der Waals surface area contributed by atoms with Gasteiger partial charge in [-0.2, -0.15) is 0 Å². The molecule has 2 heterocycles. The van der Waals surface area contributed by atoms with Gasteiger partial charge in [-0.1, -0.05) is 26.0 Å². The average Bonchev–Trinajstić information content (AvgIpc) is 3.26. The first-order valence-electron chi connectivity index (χ1n) is 9.58. The van der Waals surface area contributed by atoms with Gasteiger partial charge in [0, 0.05) is 17.4 Å². The maximum atomic E-state index is 10.8. The summed E-state index contributed by atoms with van der Waals surface area (Å²) in [6.45, 7) is 10.4. The lowest BCUT2D eigenvalue weighted by Crippen LogP contribution is -2.60. The van der Waals surface area contributed by atoms with Gasteiger partial charge in [0.25, 0.3) is 0 Å². The summed E-state index contributed by atoms with van der Waals surface area (Å²) in [4.78, 5) is 0. The zero-order valence-corrected chi connectivity index (χ0v) is 15.4. The summed E-state index contributed by atoms with van der Waals surface area (Å²) in [5.41, 5.74) is 1.94. The molecule has 138 valence electrons. The summed E-state index contributed by atoms with van der Waals surface area (Å²) in [5.74, 6) is -0.0481. The van der Waals surface area contributed by atoms with Crippen LogP contribution in [0.4, 0.5) is 0 Å². The first-order valence-corrected chi connectivity index (χ1v) is 9.58. The fourth-order valence-corrected chi connectivity index (χ4v) is 5.94. The molecule has 25 heavy (non-hydrogen) atoms. The van der Waals surface area contributed by atoms with E-state index < -0.39 is 11.9 Å². The minimum Gasteiger partial charge on any atom is -0.472 e. The molecule has 0 unspecified atom stereocenters. The van der Waals surface area contributed by atoms with E-state index in [4.69, 9.17) is 13.9 Å². The maximum Gasteiger partial charge on any atom is 0.174 e. The molecule has 1 saturated heterocycles.